The second-order valence-electron chi connectivity index (χ2n) is 8.25. The van der Waals surface area contributed by atoms with Crippen LogP contribution in [0.5, 0.6) is 0 Å². The van der Waals surface area contributed by atoms with Gasteiger partial charge in [-0.3, -0.25) is 4.90 Å². The molecule has 1 aromatic heterocycles. The summed E-state index contributed by atoms with van der Waals surface area (Å²) in [5.74, 6) is 0.314. The maximum absolute atomic E-state index is 13.3. The molecule has 2 aromatic carbocycles. The molecule has 1 saturated heterocycles. The molecule has 0 aliphatic carbocycles. The lowest BCUT2D eigenvalue weighted by Crippen LogP contribution is -2.50. The van der Waals surface area contributed by atoms with Gasteiger partial charge < -0.3 is 5.32 Å². The molecule has 3 aromatic rings. The molecule has 0 spiro atoms. The Kier molecular flexibility index (Phi) is 7.44. The van der Waals surface area contributed by atoms with Gasteiger partial charge in [0.2, 0.25) is 10.0 Å². The van der Waals surface area contributed by atoms with Crippen molar-refractivity contribution in [3.8, 4) is 0 Å². The van der Waals surface area contributed by atoms with Crippen molar-refractivity contribution in [1.29, 1.82) is 0 Å². The van der Waals surface area contributed by atoms with E-state index < -0.39 is 21.8 Å². The molecule has 0 amide bonds. The molecule has 4 rings (SSSR count). The van der Waals surface area contributed by atoms with Crippen molar-refractivity contribution in [2.75, 3.05) is 38.0 Å². The molecule has 0 saturated carbocycles. The predicted molar refractivity (Wildman–Crippen MR) is 129 cm³/mol. The Morgan fingerprint density at radius 1 is 1.06 bits per heavy atom. The molecule has 2 heterocycles. The molecular weight excluding hydrogens is 526 g/mol. The average molecular weight is 548 g/mol. The molecule has 1 aliphatic rings. The Hall–Kier alpha value is -2.18. The molecular formula is C22H22Cl2F3N5O2S. The number of nitrogens with zero attached hydrogens (tertiary/aromatic N) is 4. The van der Waals surface area contributed by atoms with Gasteiger partial charge in [0.05, 0.1) is 26.0 Å². The standard InChI is InChI=1S/C22H22Cl2F3N5O2S/c1-14(30-21-16-3-2-4-17(22(25,26)27)20(16)28-13-29-21)12-31-7-9-32(10-8-31)35(33,34)15-5-6-18(23)19(24)11-15/h2-6,11,13-14H,7-10,12H2,1H3,(H,28,29,30)/t14-/m0/s1. The van der Waals surface area contributed by atoms with Gasteiger partial charge in [-0.05, 0) is 37.3 Å². The van der Waals surface area contributed by atoms with Crippen LogP contribution < -0.4 is 5.32 Å². The highest BCUT2D eigenvalue weighted by Gasteiger charge is 2.34. The molecule has 0 radical (unpaired) electrons. The third-order valence-electron chi connectivity index (χ3n) is 5.75. The molecule has 0 unspecified atom stereocenters. The first-order valence-corrected chi connectivity index (χ1v) is 12.9. The molecule has 1 fully saturated rings. The van der Waals surface area contributed by atoms with E-state index in [-0.39, 0.29) is 31.9 Å². The van der Waals surface area contributed by atoms with E-state index in [0.717, 1.165) is 12.4 Å². The summed E-state index contributed by atoms with van der Waals surface area (Å²) in [5.41, 5.74) is -0.974. The van der Waals surface area contributed by atoms with Crippen LogP contribution in [0, 0.1) is 0 Å². The first-order chi connectivity index (χ1) is 16.5. The molecule has 1 N–H and O–H groups in total. The lowest BCUT2D eigenvalue weighted by Gasteiger charge is -2.35. The van der Waals surface area contributed by atoms with Crippen LogP contribution in [0.4, 0.5) is 19.0 Å². The Morgan fingerprint density at radius 3 is 2.43 bits per heavy atom. The number of fused-ring (bicyclic) bond motifs is 1. The van der Waals surface area contributed by atoms with Crippen LogP contribution in [0.2, 0.25) is 10.0 Å². The van der Waals surface area contributed by atoms with Crippen LogP contribution in [0.25, 0.3) is 10.9 Å². The second kappa shape index (κ2) is 10.1. The smallest absolute Gasteiger partial charge is 0.366 e. The number of aromatic nitrogens is 2. The zero-order valence-corrected chi connectivity index (χ0v) is 20.9. The average Bonchev–Trinajstić information content (AvgIpc) is 2.80. The monoisotopic (exact) mass is 547 g/mol. The first-order valence-electron chi connectivity index (χ1n) is 10.7. The maximum Gasteiger partial charge on any atom is 0.418 e. The lowest BCUT2D eigenvalue weighted by molar-refractivity contribution is -0.136. The van der Waals surface area contributed by atoms with Crippen LogP contribution in [0.15, 0.2) is 47.6 Å². The van der Waals surface area contributed by atoms with Gasteiger partial charge in [0.1, 0.15) is 12.1 Å². The fraction of sp³-hybridized carbons (Fsp3) is 0.364. The molecule has 7 nitrogen and oxygen atoms in total. The summed E-state index contributed by atoms with van der Waals surface area (Å²) in [6, 6.07) is 7.93. The summed E-state index contributed by atoms with van der Waals surface area (Å²) >= 11 is 11.9. The van der Waals surface area contributed by atoms with Gasteiger partial charge in [0.15, 0.2) is 0 Å². The maximum atomic E-state index is 13.3. The number of anilines is 1. The summed E-state index contributed by atoms with van der Waals surface area (Å²) in [4.78, 5) is 10.2. The van der Waals surface area contributed by atoms with E-state index in [4.69, 9.17) is 23.2 Å². The summed E-state index contributed by atoms with van der Waals surface area (Å²) in [7, 11) is -3.70. The van der Waals surface area contributed by atoms with E-state index in [1.54, 1.807) is 6.07 Å². The fourth-order valence-corrected chi connectivity index (χ4v) is 5.85. The topological polar surface area (TPSA) is 78.4 Å². The van der Waals surface area contributed by atoms with Crippen molar-refractivity contribution in [3.63, 3.8) is 0 Å². The first kappa shape index (κ1) is 25.9. The Bertz CT molecular complexity index is 1330. The SMILES string of the molecule is C[C@@H](CN1CCN(S(=O)(=O)c2ccc(Cl)c(Cl)c2)CC1)Nc1ncnc2c(C(F)(F)F)cccc12. The van der Waals surface area contributed by atoms with Gasteiger partial charge in [-0.2, -0.15) is 17.5 Å². The van der Waals surface area contributed by atoms with Gasteiger partial charge >= 0.3 is 6.18 Å². The highest BCUT2D eigenvalue weighted by molar-refractivity contribution is 7.89. The highest BCUT2D eigenvalue weighted by atomic mass is 35.5. The van der Waals surface area contributed by atoms with E-state index >= 15 is 0 Å². The minimum atomic E-state index is -4.52. The number of nitrogens with one attached hydrogen (secondary N) is 1. The van der Waals surface area contributed by atoms with Crippen molar-refractivity contribution in [2.24, 2.45) is 0 Å². The number of halogens is 5. The predicted octanol–water partition coefficient (Wildman–Crippen LogP) is 4.76. The van der Waals surface area contributed by atoms with Gasteiger partial charge in [0.25, 0.3) is 0 Å². The molecule has 1 atom stereocenters. The second-order valence-corrected chi connectivity index (χ2v) is 11.0. The quantitative estimate of drug-likeness (QED) is 0.479. The van der Waals surface area contributed by atoms with Crippen LogP contribution in [-0.4, -0.2) is 66.4 Å². The zero-order valence-electron chi connectivity index (χ0n) is 18.6. The van der Waals surface area contributed by atoms with E-state index in [0.29, 0.717) is 38.5 Å². The van der Waals surface area contributed by atoms with E-state index in [1.165, 1.54) is 28.6 Å². The van der Waals surface area contributed by atoms with Crippen molar-refractivity contribution >= 4 is 49.9 Å². The third kappa shape index (κ3) is 5.64. The number of para-hydroxylation sites is 1. The van der Waals surface area contributed by atoms with Crippen molar-refractivity contribution in [2.45, 2.75) is 24.0 Å². The van der Waals surface area contributed by atoms with Crippen molar-refractivity contribution in [3.05, 3.63) is 58.3 Å². The number of piperazine rings is 1. The third-order valence-corrected chi connectivity index (χ3v) is 8.38. The molecule has 1 aliphatic heterocycles. The number of hydrogen-bond donors (Lipinski definition) is 1. The van der Waals surface area contributed by atoms with Gasteiger partial charge in [-0.25, -0.2) is 18.4 Å². The number of rotatable bonds is 6. The fourth-order valence-electron chi connectivity index (χ4n) is 4.04. The number of alkyl halides is 3. The molecule has 188 valence electrons. The van der Waals surface area contributed by atoms with Crippen LogP contribution >= 0.6 is 23.2 Å². The Labute approximate surface area is 210 Å². The zero-order chi connectivity index (χ0) is 25.4. The largest absolute Gasteiger partial charge is 0.418 e. The van der Waals surface area contributed by atoms with Crippen molar-refractivity contribution in [1.82, 2.24) is 19.2 Å². The van der Waals surface area contributed by atoms with Crippen LogP contribution in [-0.2, 0) is 16.2 Å². The minimum Gasteiger partial charge on any atom is -0.366 e. The van der Waals surface area contributed by atoms with Crippen LogP contribution in [0.3, 0.4) is 0 Å². The van der Waals surface area contributed by atoms with Gasteiger partial charge in [-0.15, -0.1) is 0 Å². The lowest BCUT2D eigenvalue weighted by atomic mass is 10.1. The van der Waals surface area contributed by atoms with Crippen molar-refractivity contribution < 1.29 is 21.6 Å². The van der Waals surface area contributed by atoms with E-state index in [1.807, 2.05) is 6.92 Å². The summed E-state index contributed by atoms with van der Waals surface area (Å²) in [6.45, 7) is 4.01. The van der Waals surface area contributed by atoms with Gasteiger partial charge in [-0.1, -0.05) is 29.3 Å². The summed E-state index contributed by atoms with van der Waals surface area (Å²) < 4.78 is 67.3. The normalized spacial score (nSPS) is 17.0. The number of sulfonamides is 1. The molecule has 35 heavy (non-hydrogen) atoms. The molecule has 0 bridgehead atoms. The highest BCUT2D eigenvalue weighted by Crippen LogP contribution is 2.35. The number of benzene rings is 2. The Balaban J connectivity index is 1.40. The van der Waals surface area contributed by atoms with E-state index in [9.17, 15) is 21.6 Å². The van der Waals surface area contributed by atoms with E-state index in [2.05, 4.69) is 20.2 Å². The summed E-state index contributed by atoms with van der Waals surface area (Å²) in [5, 5.41) is 3.91. The Morgan fingerprint density at radius 2 is 1.77 bits per heavy atom. The number of hydrogen-bond acceptors (Lipinski definition) is 6. The summed E-state index contributed by atoms with van der Waals surface area (Å²) in [6.07, 6.45) is -3.41. The van der Waals surface area contributed by atoms with Crippen LogP contribution in [0.1, 0.15) is 12.5 Å². The molecule has 13 heteroatoms. The minimum absolute atomic E-state index is 0.0873. The van der Waals surface area contributed by atoms with Gasteiger partial charge in [0, 0.05) is 44.2 Å².